The first-order valence-corrected chi connectivity index (χ1v) is 12.3. The van der Waals surface area contributed by atoms with E-state index in [1.165, 1.54) is 6.07 Å². The Bertz CT molecular complexity index is 1290. The first kappa shape index (κ1) is 26.8. The fraction of sp³-hybridized carbons (Fsp3) is 0.423. The van der Waals surface area contributed by atoms with Gasteiger partial charge in [-0.25, -0.2) is 18.4 Å². The lowest BCUT2D eigenvalue weighted by Crippen LogP contribution is -2.53. The molecule has 2 aliphatic heterocycles. The highest BCUT2D eigenvalue weighted by molar-refractivity contribution is 5.85. The van der Waals surface area contributed by atoms with Crippen LogP contribution in [0.3, 0.4) is 0 Å². The molecule has 3 aromatic rings. The molecule has 2 N–H and O–H groups in total. The first-order valence-electron chi connectivity index (χ1n) is 12.3. The van der Waals surface area contributed by atoms with Crippen LogP contribution < -0.4 is 10.6 Å². The average Bonchev–Trinajstić information content (AvgIpc) is 3.18. The summed E-state index contributed by atoms with van der Waals surface area (Å²) in [4.78, 5) is 15.2. The Balaban J connectivity index is 0.00000320. The number of rotatable bonds is 6. The van der Waals surface area contributed by atoms with E-state index < -0.39 is 11.6 Å². The van der Waals surface area contributed by atoms with Crippen molar-refractivity contribution in [3.05, 3.63) is 70.8 Å². The van der Waals surface area contributed by atoms with Crippen molar-refractivity contribution in [2.75, 3.05) is 44.4 Å². The summed E-state index contributed by atoms with van der Waals surface area (Å²) in [6.07, 6.45) is 8.38. The van der Waals surface area contributed by atoms with Crippen LogP contribution in [0.4, 0.5) is 20.4 Å². The highest BCUT2D eigenvalue weighted by Gasteiger charge is 2.32. The number of benzene rings is 1. The molecule has 0 amide bonds. The lowest BCUT2D eigenvalue weighted by molar-refractivity contribution is 0.281. The molecule has 2 aliphatic rings. The van der Waals surface area contributed by atoms with E-state index in [1.54, 1.807) is 4.68 Å². The molecule has 0 radical (unpaired) electrons. The van der Waals surface area contributed by atoms with E-state index in [1.807, 2.05) is 38.2 Å². The Labute approximate surface area is 222 Å². The highest BCUT2D eigenvalue weighted by Crippen LogP contribution is 2.35. The summed E-state index contributed by atoms with van der Waals surface area (Å²) >= 11 is 0. The van der Waals surface area contributed by atoms with E-state index in [0.717, 1.165) is 61.2 Å². The molecule has 0 spiro atoms. The second-order valence-electron chi connectivity index (χ2n) is 9.84. The fourth-order valence-electron chi connectivity index (χ4n) is 5.20. The van der Waals surface area contributed by atoms with Gasteiger partial charge in [-0.1, -0.05) is 6.08 Å². The molecule has 1 fully saturated rings. The monoisotopic (exact) mass is 530 g/mol. The van der Waals surface area contributed by atoms with Crippen LogP contribution in [-0.2, 0) is 19.4 Å². The summed E-state index contributed by atoms with van der Waals surface area (Å²) in [6, 6.07) is 4.63. The maximum absolute atomic E-state index is 14.2. The van der Waals surface area contributed by atoms with Crippen molar-refractivity contribution in [2.24, 2.45) is 0 Å². The van der Waals surface area contributed by atoms with Gasteiger partial charge in [0.15, 0.2) is 5.82 Å². The summed E-state index contributed by atoms with van der Waals surface area (Å²) < 4.78 is 29.9. The number of nitrogens with two attached hydrogens (primary N) is 1. The van der Waals surface area contributed by atoms with E-state index in [-0.39, 0.29) is 24.4 Å². The van der Waals surface area contributed by atoms with Gasteiger partial charge in [0.25, 0.3) is 0 Å². The van der Waals surface area contributed by atoms with Crippen LogP contribution in [0.1, 0.15) is 28.9 Å². The van der Waals surface area contributed by atoms with E-state index in [9.17, 15) is 8.78 Å². The molecule has 198 valence electrons. The maximum atomic E-state index is 14.2. The van der Waals surface area contributed by atoms with E-state index in [4.69, 9.17) is 5.73 Å². The summed E-state index contributed by atoms with van der Waals surface area (Å²) in [7, 11) is 3.96. The van der Waals surface area contributed by atoms with Crippen LogP contribution in [0.25, 0.3) is 5.82 Å². The third-order valence-electron chi connectivity index (χ3n) is 6.93. The first-order chi connectivity index (χ1) is 17.3. The van der Waals surface area contributed by atoms with Crippen LogP contribution in [0.2, 0.25) is 0 Å². The summed E-state index contributed by atoms with van der Waals surface area (Å²) in [6.45, 7) is 5.07. The minimum Gasteiger partial charge on any atom is -0.374 e. The number of hydrogen-bond donors (Lipinski definition) is 1. The van der Waals surface area contributed by atoms with Crippen molar-refractivity contribution in [1.82, 2.24) is 29.5 Å². The van der Waals surface area contributed by atoms with Crippen LogP contribution in [0.15, 0.2) is 36.7 Å². The topological polar surface area (TPSA) is 79.3 Å². The molecule has 0 bridgehead atoms. The van der Waals surface area contributed by atoms with Gasteiger partial charge in [0.2, 0.25) is 5.95 Å². The molecular formula is C26H33ClF2N8. The summed E-state index contributed by atoms with van der Waals surface area (Å²) in [5, 5.41) is 4.54. The van der Waals surface area contributed by atoms with Gasteiger partial charge in [0.05, 0.1) is 11.9 Å². The molecule has 37 heavy (non-hydrogen) atoms. The van der Waals surface area contributed by atoms with Crippen LogP contribution in [0, 0.1) is 18.6 Å². The molecule has 1 saturated heterocycles. The minimum atomic E-state index is -0.510. The number of allylic oxidation sites excluding steroid dienone is 1. The van der Waals surface area contributed by atoms with E-state index >= 15 is 0 Å². The van der Waals surface area contributed by atoms with Crippen molar-refractivity contribution >= 4 is 24.0 Å². The number of anilines is 2. The Kier molecular flexibility index (Phi) is 7.99. The predicted octanol–water partition coefficient (Wildman–Crippen LogP) is 3.51. The SMILES string of the molecule is Cc1c(CC=CN2CCN3c4cc(F)cc(F)c4CCC3C2)cnn1-c1cc(CN(C)C)nc(N)n1.Cl. The number of piperazine rings is 1. The molecule has 1 atom stereocenters. The normalized spacial score (nSPS) is 17.2. The van der Waals surface area contributed by atoms with Crippen LogP contribution >= 0.6 is 12.4 Å². The number of nitrogen functional groups attached to an aromatic ring is 1. The molecule has 4 heterocycles. The summed E-state index contributed by atoms with van der Waals surface area (Å²) in [5.41, 5.74) is 10.3. The third kappa shape index (κ3) is 5.70. The van der Waals surface area contributed by atoms with Crippen LogP contribution in [0.5, 0.6) is 0 Å². The molecule has 2 aromatic heterocycles. The molecule has 8 nitrogen and oxygen atoms in total. The van der Waals surface area contributed by atoms with Crippen molar-refractivity contribution < 1.29 is 8.78 Å². The Morgan fingerprint density at radius 1 is 1.16 bits per heavy atom. The molecule has 11 heteroatoms. The molecule has 5 rings (SSSR count). The molecule has 0 aliphatic carbocycles. The van der Waals surface area contributed by atoms with E-state index in [2.05, 4.69) is 37.1 Å². The zero-order chi connectivity index (χ0) is 25.4. The Hall–Kier alpha value is -3.24. The van der Waals surface area contributed by atoms with Crippen molar-refractivity contribution in [3.8, 4) is 5.82 Å². The van der Waals surface area contributed by atoms with Gasteiger partial charge in [-0.05, 0) is 58.1 Å². The second kappa shape index (κ2) is 11.0. The fourth-order valence-corrected chi connectivity index (χ4v) is 5.20. The highest BCUT2D eigenvalue weighted by atomic mass is 35.5. The molecule has 0 saturated carbocycles. The van der Waals surface area contributed by atoms with Gasteiger partial charge in [-0.3, -0.25) is 0 Å². The van der Waals surface area contributed by atoms with Gasteiger partial charge in [-0.2, -0.15) is 10.1 Å². The molecule has 1 unspecified atom stereocenters. The summed E-state index contributed by atoms with van der Waals surface area (Å²) in [5.74, 6) is -0.0479. The lowest BCUT2D eigenvalue weighted by Gasteiger charge is -2.46. The number of halogens is 3. The largest absolute Gasteiger partial charge is 0.374 e. The van der Waals surface area contributed by atoms with Gasteiger partial charge in [0, 0.05) is 61.3 Å². The second-order valence-corrected chi connectivity index (χ2v) is 9.84. The van der Waals surface area contributed by atoms with Crippen molar-refractivity contribution in [3.63, 3.8) is 0 Å². The molecule has 1 aromatic carbocycles. The predicted molar refractivity (Wildman–Crippen MR) is 143 cm³/mol. The zero-order valence-electron chi connectivity index (χ0n) is 21.4. The van der Waals surface area contributed by atoms with Crippen molar-refractivity contribution in [1.29, 1.82) is 0 Å². The average molecular weight is 531 g/mol. The third-order valence-corrected chi connectivity index (χ3v) is 6.93. The maximum Gasteiger partial charge on any atom is 0.222 e. The lowest BCUT2D eigenvalue weighted by atomic mass is 9.93. The standard InChI is InChI=1S/C26H32F2N8.ClH/c1-17-18(14-30-36(17)25-13-20(15-33(2)3)31-26(29)32-25)5-4-8-34-9-10-35-21(16-34)6-7-22-23(28)11-19(27)12-24(22)35;/h4,8,11-14,21H,5-7,9-10,15-16H2,1-3H3,(H2,29,31,32);1H. The van der Waals surface area contributed by atoms with Gasteiger partial charge in [-0.15, -0.1) is 12.4 Å². The van der Waals surface area contributed by atoms with Gasteiger partial charge in [0.1, 0.15) is 11.6 Å². The van der Waals surface area contributed by atoms with E-state index in [0.29, 0.717) is 24.3 Å². The quantitative estimate of drug-likeness (QED) is 0.522. The van der Waals surface area contributed by atoms with Crippen LogP contribution in [-0.4, -0.2) is 69.3 Å². The smallest absolute Gasteiger partial charge is 0.222 e. The number of fused-ring (bicyclic) bond motifs is 3. The number of aromatic nitrogens is 4. The van der Waals surface area contributed by atoms with Crippen molar-refractivity contribution in [2.45, 2.75) is 38.8 Å². The minimum absolute atomic E-state index is 0. The van der Waals surface area contributed by atoms with Gasteiger partial charge < -0.3 is 20.4 Å². The Morgan fingerprint density at radius 2 is 1.97 bits per heavy atom. The Morgan fingerprint density at radius 3 is 2.76 bits per heavy atom. The zero-order valence-corrected chi connectivity index (χ0v) is 22.2. The number of hydrogen-bond acceptors (Lipinski definition) is 7. The number of nitrogens with zero attached hydrogens (tertiary/aromatic N) is 7. The van der Waals surface area contributed by atoms with Gasteiger partial charge >= 0.3 is 0 Å². The molecular weight excluding hydrogens is 498 g/mol.